The van der Waals surface area contributed by atoms with Crippen LogP contribution in [0.3, 0.4) is 0 Å². The minimum Gasteiger partial charge on any atom is -0.339 e. The zero-order valence-electron chi connectivity index (χ0n) is 11.2. The topological polar surface area (TPSA) is 55.6 Å². The summed E-state index contributed by atoms with van der Waals surface area (Å²) in [6.45, 7) is 3.95. The minimum absolute atomic E-state index is 0.729. The van der Waals surface area contributed by atoms with Crippen molar-refractivity contribution >= 4 is 22.5 Å². The number of benzene rings is 1. The van der Waals surface area contributed by atoms with Crippen LogP contribution in [-0.4, -0.2) is 19.7 Å². The predicted molar refractivity (Wildman–Crippen MR) is 75.5 cm³/mol. The summed E-state index contributed by atoms with van der Waals surface area (Å²) in [7, 11) is 1.88. The highest BCUT2D eigenvalue weighted by Gasteiger charge is 2.10. The van der Waals surface area contributed by atoms with Gasteiger partial charge in [-0.1, -0.05) is 18.2 Å². The molecule has 2 heterocycles. The number of hydrogen-bond donors (Lipinski definition) is 1. The standard InChI is InChI=1S/C14H15N5/c1-9-6-4-5-7-12(9)18-13-11-8-15-19(3)14(11)17-10(2)16-13/h4-8H,1-3H3,(H,16,17,18). The van der Waals surface area contributed by atoms with Gasteiger partial charge in [0.05, 0.1) is 11.6 Å². The molecule has 0 atom stereocenters. The molecule has 0 saturated heterocycles. The van der Waals surface area contributed by atoms with E-state index in [4.69, 9.17) is 0 Å². The fraction of sp³-hybridized carbons (Fsp3) is 0.214. The van der Waals surface area contributed by atoms with E-state index in [2.05, 4.69) is 33.4 Å². The van der Waals surface area contributed by atoms with Gasteiger partial charge in [0, 0.05) is 12.7 Å². The maximum Gasteiger partial charge on any atom is 0.163 e. The first-order valence-electron chi connectivity index (χ1n) is 6.14. The molecule has 0 aliphatic heterocycles. The van der Waals surface area contributed by atoms with Gasteiger partial charge in [0.2, 0.25) is 0 Å². The molecule has 0 amide bonds. The van der Waals surface area contributed by atoms with E-state index in [1.165, 1.54) is 5.56 Å². The molecule has 19 heavy (non-hydrogen) atoms. The quantitative estimate of drug-likeness (QED) is 0.763. The molecule has 3 rings (SSSR count). The first-order valence-corrected chi connectivity index (χ1v) is 6.14. The van der Waals surface area contributed by atoms with Gasteiger partial charge in [-0.05, 0) is 25.5 Å². The lowest BCUT2D eigenvalue weighted by atomic mass is 10.2. The molecule has 3 aromatic rings. The molecule has 0 aliphatic rings. The summed E-state index contributed by atoms with van der Waals surface area (Å²) in [4.78, 5) is 8.88. The van der Waals surface area contributed by atoms with Gasteiger partial charge in [0.15, 0.2) is 5.65 Å². The van der Waals surface area contributed by atoms with Crippen molar-refractivity contribution in [2.24, 2.45) is 7.05 Å². The molecule has 1 N–H and O–H groups in total. The van der Waals surface area contributed by atoms with Gasteiger partial charge in [0.1, 0.15) is 11.6 Å². The lowest BCUT2D eigenvalue weighted by Crippen LogP contribution is -2.01. The number of aromatic nitrogens is 4. The molecule has 0 unspecified atom stereocenters. The molecular formula is C14H15N5. The van der Waals surface area contributed by atoms with Crippen molar-refractivity contribution in [1.29, 1.82) is 0 Å². The number of fused-ring (bicyclic) bond motifs is 1. The molecule has 0 radical (unpaired) electrons. The minimum atomic E-state index is 0.729. The third kappa shape index (κ3) is 2.03. The number of nitrogens with zero attached hydrogens (tertiary/aromatic N) is 4. The maximum absolute atomic E-state index is 4.48. The Morgan fingerprint density at radius 3 is 2.68 bits per heavy atom. The zero-order chi connectivity index (χ0) is 13.4. The first kappa shape index (κ1) is 11.6. The molecule has 5 nitrogen and oxygen atoms in total. The van der Waals surface area contributed by atoms with Crippen molar-refractivity contribution in [2.45, 2.75) is 13.8 Å². The molecule has 0 fully saturated rings. The fourth-order valence-electron chi connectivity index (χ4n) is 2.07. The van der Waals surface area contributed by atoms with Crippen LogP contribution < -0.4 is 5.32 Å². The van der Waals surface area contributed by atoms with E-state index >= 15 is 0 Å². The van der Waals surface area contributed by atoms with E-state index in [9.17, 15) is 0 Å². The lowest BCUT2D eigenvalue weighted by Gasteiger charge is -2.09. The average molecular weight is 253 g/mol. The van der Waals surface area contributed by atoms with Gasteiger partial charge in [-0.2, -0.15) is 5.10 Å². The number of anilines is 2. The summed E-state index contributed by atoms with van der Waals surface area (Å²) in [5, 5.41) is 8.53. The second kappa shape index (κ2) is 4.35. The fourth-order valence-corrected chi connectivity index (χ4v) is 2.07. The molecule has 5 heteroatoms. The van der Waals surface area contributed by atoms with E-state index in [0.717, 1.165) is 28.4 Å². The Labute approximate surface area is 111 Å². The van der Waals surface area contributed by atoms with Crippen LogP contribution in [0.2, 0.25) is 0 Å². The van der Waals surface area contributed by atoms with Gasteiger partial charge >= 0.3 is 0 Å². The normalized spacial score (nSPS) is 10.9. The second-order valence-corrected chi connectivity index (χ2v) is 4.56. The average Bonchev–Trinajstić information content (AvgIpc) is 2.74. The van der Waals surface area contributed by atoms with E-state index < -0.39 is 0 Å². The van der Waals surface area contributed by atoms with Crippen LogP contribution in [0, 0.1) is 13.8 Å². The SMILES string of the molecule is Cc1nc(Nc2ccccc2C)c2cnn(C)c2n1. The number of nitrogens with one attached hydrogen (secondary N) is 1. The van der Waals surface area contributed by atoms with Crippen LogP contribution in [0.5, 0.6) is 0 Å². The van der Waals surface area contributed by atoms with Crippen LogP contribution >= 0.6 is 0 Å². The molecule has 0 saturated carbocycles. The Kier molecular flexibility index (Phi) is 2.67. The highest BCUT2D eigenvalue weighted by Crippen LogP contribution is 2.24. The highest BCUT2D eigenvalue weighted by molar-refractivity contribution is 5.88. The van der Waals surface area contributed by atoms with Gasteiger partial charge in [-0.3, -0.25) is 4.68 Å². The Morgan fingerprint density at radius 2 is 1.89 bits per heavy atom. The van der Waals surface area contributed by atoms with Crippen LogP contribution in [0.1, 0.15) is 11.4 Å². The molecule has 1 aromatic carbocycles. The number of hydrogen-bond acceptors (Lipinski definition) is 4. The van der Waals surface area contributed by atoms with Crippen molar-refractivity contribution in [3.8, 4) is 0 Å². The second-order valence-electron chi connectivity index (χ2n) is 4.56. The van der Waals surface area contributed by atoms with Gasteiger partial charge < -0.3 is 5.32 Å². The van der Waals surface area contributed by atoms with Crippen molar-refractivity contribution in [2.75, 3.05) is 5.32 Å². The monoisotopic (exact) mass is 253 g/mol. The smallest absolute Gasteiger partial charge is 0.163 e. The van der Waals surface area contributed by atoms with Gasteiger partial charge in [0.25, 0.3) is 0 Å². The van der Waals surface area contributed by atoms with Crippen LogP contribution in [0.4, 0.5) is 11.5 Å². The maximum atomic E-state index is 4.48. The Balaban J connectivity index is 2.13. The third-order valence-corrected chi connectivity index (χ3v) is 3.10. The summed E-state index contributed by atoms with van der Waals surface area (Å²) >= 11 is 0. The summed E-state index contributed by atoms with van der Waals surface area (Å²) in [5.74, 6) is 1.53. The third-order valence-electron chi connectivity index (χ3n) is 3.10. The zero-order valence-corrected chi connectivity index (χ0v) is 11.2. The Bertz CT molecular complexity index is 745. The molecule has 2 aromatic heterocycles. The summed E-state index contributed by atoms with van der Waals surface area (Å²) < 4.78 is 1.76. The lowest BCUT2D eigenvalue weighted by molar-refractivity contribution is 0.783. The predicted octanol–water partition coefficient (Wildman–Crippen LogP) is 2.72. The van der Waals surface area contributed by atoms with E-state index in [-0.39, 0.29) is 0 Å². The molecule has 0 aliphatic carbocycles. The summed E-state index contributed by atoms with van der Waals surface area (Å²) in [6.07, 6.45) is 1.79. The molecule has 96 valence electrons. The largest absolute Gasteiger partial charge is 0.339 e. The molecule has 0 bridgehead atoms. The highest BCUT2D eigenvalue weighted by atomic mass is 15.3. The van der Waals surface area contributed by atoms with Gasteiger partial charge in [-0.15, -0.1) is 0 Å². The number of rotatable bonds is 2. The Morgan fingerprint density at radius 1 is 1.11 bits per heavy atom. The number of aryl methyl sites for hydroxylation is 3. The van der Waals surface area contributed by atoms with Gasteiger partial charge in [-0.25, -0.2) is 9.97 Å². The summed E-state index contributed by atoms with van der Waals surface area (Å²) in [5.41, 5.74) is 3.06. The van der Waals surface area contributed by atoms with Crippen molar-refractivity contribution in [1.82, 2.24) is 19.7 Å². The Hall–Kier alpha value is -2.43. The van der Waals surface area contributed by atoms with Crippen molar-refractivity contribution < 1.29 is 0 Å². The first-order chi connectivity index (χ1) is 9.15. The van der Waals surface area contributed by atoms with Crippen LogP contribution in [-0.2, 0) is 7.05 Å². The molecular weight excluding hydrogens is 238 g/mol. The van der Waals surface area contributed by atoms with Crippen LogP contribution in [0.15, 0.2) is 30.5 Å². The van der Waals surface area contributed by atoms with E-state index in [0.29, 0.717) is 0 Å². The number of para-hydroxylation sites is 1. The van der Waals surface area contributed by atoms with Crippen molar-refractivity contribution in [3.63, 3.8) is 0 Å². The van der Waals surface area contributed by atoms with E-state index in [1.807, 2.05) is 32.2 Å². The molecule has 0 spiro atoms. The van der Waals surface area contributed by atoms with Crippen molar-refractivity contribution in [3.05, 3.63) is 41.9 Å². The van der Waals surface area contributed by atoms with E-state index in [1.54, 1.807) is 10.9 Å². The van der Waals surface area contributed by atoms with Crippen LogP contribution in [0.25, 0.3) is 11.0 Å². The summed E-state index contributed by atoms with van der Waals surface area (Å²) in [6, 6.07) is 8.13.